The molecule has 1 amide bonds. The summed E-state index contributed by atoms with van der Waals surface area (Å²) in [6.45, 7) is 2.61. The maximum Gasteiger partial charge on any atom is 0.354 e. The molecule has 6 nitrogen and oxygen atoms in total. The molecule has 1 N–H and O–H groups in total. The maximum atomic E-state index is 11.6. The van der Waals surface area contributed by atoms with Gasteiger partial charge in [0.15, 0.2) is 0 Å². The van der Waals surface area contributed by atoms with Crippen molar-refractivity contribution in [1.82, 2.24) is 5.32 Å². The average Bonchev–Trinajstić information content (AvgIpc) is 3.28. The zero-order chi connectivity index (χ0) is 15.2. The van der Waals surface area contributed by atoms with Crippen LogP contribution in [0.15, 0.2) is 30.0 Å². The van der Waals surface area contributed by atoms with E-state index in [0.717, 1.165) is 17.9 Å². The van der Waals surface area contributed by atoms with E-state index in [0.29, 0.717) is 6.61 Å². The van der Waals surface area contributed by atoms with Crippen LogP contribution in [0, 0.1) is 0 Å². The van der Waals surface area contributed by atoms with Gasteiger partial charge in [0, 0.05) is 6.92 Å². The number of benzene rings is 1. The molecule has 0 aliphatic carbocycles. The van der Waals surface area contributed by atoms with Gasteiger partial charge in [0.1, 0.15) is 24.2 Å². The Balaban J connectivity index is 2.05. The normalized spacial score (nSPS) is 17.0. The van der Waals surface area contributed by atoms with Crippen molar-refractivity contribution in [3.63, 3.8) is 0 Å². The molecular formula is C15H17NO5. The number of amides is 1. The average molecular weight is 291 g/mol. The highest BCUT2D eigenvalue weighted by atomic mass is 16.6. The van der Waals surface area contributed by atoms with E-state index < -0.39 is 5.97 Å². The fraction of sp³-hybridized carbons (Fsp3) is 0.333. The molecule has 0 radical (unpaired) electrons. The molecule has 1 heterocycles. The standard InChI is InChI=1S/C15H17NO5/c1-10(17)16-14(15(18)19-2)7-11-3-5-12(6-4-11)20-8-13-9-21-13/h3-7,13H,8-9H2,1-2H3,(H,16,17). The molecule has 6 heteroatoms. The summed E-state index contributed by atoms with van der Waals surface area (Å²) in [5, 5.41) is 2.44. The topological polar surface area (TPSA) is 77.2 Å². The molecule has 1 atom stereocenters. The van der Waals surface area contributed by atoms with Crippen molar-refractivity contribution in [2.45, 2.75) is 13.0 Å². The van der Waals surface area contributed by atoms with Gasteiger partial charge in [-0.1, -0.05) is 12.1 Å². The number of carbonyl (C=O) groups is 2. The Bertz CT molecular complexity index is 546. The van der Waals surface area contributed by atoms with Gasteiger partial charge in [0.05, 0.1) is 13.7 Å². The van der Waals surface area contributed by atoms with Crippen molar-refractivity contribution in [1.29, 1.82) is 0 Å². The molecule has 0 bridgehead atoms. The largest absolute Gasteiger partial charge is 0.491 e. The minimum absolute atomic E-state index is 0.0880. The van der Waals surface area contributed by atoms with Crippen LogP contribution in [0.25, 0.3) is 6.08 Å². The first kappa shape index (κ1) is 15.1. The van der Waals surface area contributed by atoms with Crippen LogP contribution in [0.1, 0.15) is 12.5 Å². The highest BCUT2D eigenvalue weighted by molar-refractivity contribution is 5.97. The molecule has 1 aromatic carbocycles. The Hall–Kier alpha value is -2.34. The summed E-state index contributed by atoms with van der Waals surface area (Å²) >= 11 is 0. The first-order valence-electron chi connectivity index (χ1n) is 6.50. The van der Waals surface area contributed by atoms with E-state index in [-0.39, 0.29) is 17.7 Å². The van der Waals surface area contributed by atoms with Crippen LogP contribution in [0.5, 0.6) is 5.75 Å². The first-order chi connectivity index (χ1) is 10.1. The highest BCUT2D eigenvalue weighted by Crippen LogP contribution is 2.17. The Labute approximate surface area is 122 Å². The fourth-order valence-corrected chi connectivity index (χ4v) is 1.63. The number of esters is 1. The number of hydrogen-bond acceptors (Lipinski definition) is 5. The third kappa shape index (κ3) is 4.92. The SMILES string of the molecule is COC(=O)C(=Cc1ccc(OCC2CO2)cc1)NC(C)=O. The van der Waals surface area contributed by atoms with Crippen molar-refractivity contribution >= 4 is 18.0 Å². The van der Waals surface area contributed by atoms with Crippen molar-refractivity contribution in [2.75, 3.05) is 20.3 Å². The third-order valence-electron chi connectivity index (χ3n) is 2.75. The van der Waals surface area contributed by atoms with E-state index in [1.165, 1.54) is 14.0 Å². The van der Waals surface area contributed by atoms with E-state index >= 15 is 0 Å². The Morgan fingerprint density at radius 2 is 2.05 bits per heavy atom. The molecule has 2 rings (SSSR count). The number of ether oxygens (including phenoxy) is 3. The molecular weight excluding hydrogens is 274 g/mol. The molecule has 1 saturated heterocycles. The summed E-state index contributed by atoms with van der Waals surface area (Å²) in [6, 6.07) is 7.15. The van der Waals surface area contributed by atoms with Crippen LogP contribution < -0.4 is 10.1 Å². The van der Waals surface area contributed by atoms with E-state index in [2.05, 4.69) is 10.1 Å². The molecule has 0 spiro atoms. The van der Waals surface area contributed by atoms with Crippen LogP contribution in [-0.4, -0.2) is 38.3 Å². The minimum atomic E-state index is -0.601. The third-order valence-corrected chi connectivity index (χ3v) is 2.75. The predicted molar refractivity (Wildman–Crippen MR) is 75.5 cm³/mol. The van der Waals surface area contributed by atoms with Gasteiger partial charge in [0.25, 0.3) is 0 Å². The van der Waals surface area contributed by atoms with Crippen molar-refractivity contribution in [3.05, 3.63) is 35.5 Å². The molecule has 21 heavy (non-hydrogen) atoms. The van der Waals surface area contributed by atoms with Gasteiger partial charge in [-0.05, 0) is 23.8 Å². The Morgan fingerprint density at radius 3 is 2.57 bits per heavy atom. The van der Waals surface area contributed by atoms with Crippen LogP contribution in [0.2, 0.25) is 0 Å². The van der Waals surface area contributed by atoms with Crippen LogP contribution >= 0.6 is 0 Å². The number of carbonyl (C=O) groups excluding carboxylic acids is 2. The number of rotatable bonds is 6. The van der Waals surface area contributed by atoms with E-state index in [4.69, 9.17) is 9.47 Å². The van der Waals surface area contributed by atoms with Crippen LogP contribution in [0.4, 0.5) is 0 Å². The highest BCUT2D eigenvalue weighted by Gasteiger charge is 2.22. The molecule has 1 aliphatic heterocycles. The quantitative estimate of drug-likeness (QED) is 0.483. The number of methoxy groups -OCH3 is 1. The maximum absolute atomic E-state index is 11.6. The van der Waals surface area contributed by atoms with Gasteiger partial charge in [-0.15, -0.1) is 0 Å². The van der Waals surface area contributed by atoms with Crippen molar-refractivity contribution < 1.29 is 23.8 Å². The van der Waals surface area contributed by atoms with Crippen LogP contribution in [-0.2, 0) is 19.1 Å². The molecule has 112 valence electrons. The second-order valence-corrected chi connectivity index (χ2v) is 4.57. The lowest BCUT2D eigenvalue weighted by atomic mass is 10.2. The van der Waals surface area contributed by atoms with Gasteiger partial charge < -0.3 is 19.5 Å². The van der Waals surface area contributed by atoms with Gasteiger partial charge >= 0.3 is 5.97 Å². The monoisotopic (exact) mass is 291 g/mol. The predicted octanol–water partition coefficient (Wildman–Crippen LogP) is 1.11. The van der Waals surface area contributed by atoms with Crippen LogP contribution in [0.3, 0.4) is 0 Å². The van der Waals surface area contributed by atoms with E-state index in [1.54, 1.807) is 30.3 Å². The van der Waals surface area contributed by atoms with Gasteiger partial charge in [-0.3, -0.25) is 4.79 Å². The number of hydrogen-bond donors (Lipinski definition) is 1. The number of nitrogens with one attached hydrogen (secondary N) is 1. The van der Waals surface area contributed by atoms with Gasteiger partial charge in [-0.25, -0.2) is 4.79 Å². The second-order valence-electron chi connectivity index (χ2n) is 4.57. The van der Waals surface area contributed by atoms with E-state index in [9.17, 15) is 9.59 Å². The summed E-state index contributed by atoms with van der Waals surface area (Å²) in [7, 11) is 1.26. The molecule has 1 aromatic rings. The first-order valence-corrected chi connectivity index (χ1v) is 6.50. The lowest BCUT2D eigenvalue weighted by Gasteiger charge is -2.07. The molecule has 1 fully saturated rings. The molecule has 1 unspecified atom stereocenters. The zero-order valence-corrected chi connectivity index (χ0v) is 11.9. The number of epoxide rings is 1. The smallest absolute Gasteiger partial charge is 0.354 e. The van der Waals surface area contributed by atoms with E-state index in [1.807, 2.05) is 0 Å². The molecule has 0 saturated carbocycles. The molecule has 0 aromatic heterocycles. The summed E-state index contributed by atoms with van der Waals surface area (Å²) in [5.41, 5.74) is 0.837. The summed E-state index contributed by atoms with van der Waals surface area (Å²) in [5.74, 6) is -0.214. The lowest BCUT2D eigenvalue weighted by molar-refractivity contribution is -0.137. The summed E-state index contributed by atoms with van der Waals surface area (Å²) in [4.78, 5) is 22.6. The molecule has 1 aliphatic rings. The summed E-state index contributed by atoms with van der Waals surface area (Å²) in [6.07, 6.45) is 1.75. The van der Waals surface area contributed by atoms with Crippen molar-refractivity contribution in [2.24, 2.45) is 0 Å². The second kappa shape index (κ2) is 6.90. The van der Waals surface area contributed by atoms with Gasteiger partial charge in [-0.2, -0.15) is 0 Å². The van der Waals surface area contributed by atoms with Crippen molar-refractivity contribution in [3.8, 4) is 5.75 Å². The summed E-state index contributed by atoms with van der Waals surface area (Å²) < 4.78 is 15.2. The lowest BCUT2D eigenvalue weighted by Crippen LogP contribution is -2.25. The zero-order valence-electron chi connectivity index (χ0n) is 11.9. The fourth-order valence-electron chi connectivity index (χ4n) is 1.63. The van der Waals surface area contributed by atoms with Gasteiger partial charge in [0.2, 0.25) is 5.91 Å². The Morgan fingerprint density at radius 1 is 1.38 bits per heavy atom. The Kier molecular flexibility index (Phi) is 4.94. The minimum Gasteiger partial charge on any atom is -0.491 e.